The number of carbonyl (C=O) groups excluding carboxylic acids is 2. The molecule has 3 aliphatic heterocycles. The number of likely N-dealkylation sites (tertiary alicyclic amines) is 2. The van der Waals surface area contributed by atoms with Gasteiger partial charge in [-0.05, 0) is 56.4 Å². The maximum atomic E-state index is 12.5. The SMILES string of the molecule is CC(C)CC(=O)N1C[C@@H]2CN[C@H](CCCC(=O)N3CCCC3)[C@H](C2)C1. The Labute approximate surface area is 152 Å². The summed E-state index contributed by atoms with van der Waals surface area (Å²) in [7, 11) is 0. The van der Waals surface area contributed by atoms with Crippen molar-refractivity contribution in [2.24, 2.45) is 17.8 Å². The molecule has 0 unspecified atom stereocenters. The van der Waals surface area contributed by atoms with E-state index in [1.54, 1.807) is 0 Å². The van der Waals surface area contributed by atoms with Crippen LogP contribution in [0.2, 0.25) is 0 Å². The molecule has 3 rings (SSSR count). The van der Waals surface area contributed by atoms with Crippen LogP contribution in [-0.4, -0.2) is 60.4 Å². The first-order valence-corrected chi connectivity index (χ1v) is 10.3. The van der Waals surface area contributed by atoms with E-state index < -0.39 is 0 Å². The first-order valence-electron chi connectivity index (χ1n) is 10.3. The predicted octanol–water partition coefficient (Wildman–Crippen LogP) is 2.26. The molecule has 5 nitrogen and oxygen atoms in total. The summed E-state index contributed by atoms with van der Waals surface area (Å²) in [6, 6.07) is 0.470. The normalized spacial score (nSPS) is 29.3. The summed E-state index contributed by atoms with van der Waals surface area (Å²) >= 11 is 0. The van der Waals surface area contributed by atoms with Gasteiger partial charge in [-0.15, -0.1) is 0 Å². The van der Waals surface area contributed by atoms with Crippen molar-refractivity contribution in [3.05, 3.63) is 0 Å². The Morgan fingerprint density at radius 1 is 1.08 bits per heavy atom. The largest absolute Gasteiger partial charge is 0.343 e. The van der Waals surface area contributed by atoms with Crippen LogP contribution < -0.4 is 5.32 Å². The fraction of sp³-hybridized carbons (Fsp3) is 0.900. The van der Waals surface area contributed by atoms with Crippen molar-refractivity contribution in [1.29, 1.82) is 0 Å². The molecule has 0 aromatic carbocycles. The second-order valence-corrected chi connectivity index (χ2v) is 8.75. The Balaban J connectivity index is 1.45. The minimum atomic E-state index is 0.328. The summed E-state index contributed by atoms with van der Waals surface area (Å²) in [6.45, 7) is 8.99. The molecule has 0 aromatic heterocycles. The lowest BCUT2D eigenvalue weighted by atomic mass is 9.79. The Hall–Kier alpha value is -1.10. The van der Waals surface area contributed by atoms with Gasteiger partial charge < -0.3 is 15.1 Å². The number of piperidine rings is 2. The molecule has 3 atom stereocenters. The quantitative estimate of drug-likeness (QED) is 0.800. The fourth-order valence-electron chi connectivity index (χ4n) is 4.79. The number of hydrogen-bond acceptors (Lipinski definition) is 3. The number of rotatable bonds is 6. The van der Waals surface area contributed by atoms with Gasteiger partial charge in [-0.2, -0.15) is 0 Å². The van der Waals surface area contributed by atoms with E-state index in [1.165, 1.54) is 19.3 Å². The molecule has 0 radical (unpaired) electrons. The van der Waals surface area contributed by atoms with Crippen LogP contribution in [-0.2, 0) is 9.59 Å². The highest BCUT2D eigenvalue weighted by Gasteiger charge is 2.37. The van der Waals surface area contributed by atoms with Crippen LogP contribution >= 0.6 is 0 Å². The highest BCUT2D eigenvalue weighted by molar-refractivity contribution is 5.77. The fourth-order valence-corrected chi connectivity index (χ4v) is 4.79. The van der Waals surface area contributed by atoms with Crippen LogP contribution in [0.1, 0.15) is 58.8 Å². The van der Waals surface area contributed by atoms with Gasteiger partial charge in [0.15, 0.2) is 0 Å². The maximum Gasteiger partial charge on any atom is 0.222 e. The second-order valence-electron chi connectivity index (χ2n) is 8.75. The van der Waals surface area contributed by atoms with Crippen molar-refractivity contribution in [2.75, 3.05) is 32.7 Å². The third kappa shape index (κ3) is 4.96. The summed E-state index contributed by atoms with van der Waals surface area (Å²) in [6.07, 6.45) is 6.95. The topological polar surface area (TPSA) is 52.7 Å². The smallest absolute Gasteiger partial charge is 0.222 e. The lowest BCUT2D eigenvalue weighted by Crippen LogP contribution is -2.57. The molecular weight excluding hydrogens is 314 g/mol. The van der Waals surface area contributed by atoms with E-state index in [1.807, 2.05) is 4.90 Å². The zero-order valence-corrected chi connectivity index (χ0v) is 16.0. The van der Waals surface area contributed by atoms with Crippen molar-refractivity contribution in [1.82, 2.24) is 15.1 Å². The lowest BCUT2D eigenvalue weighted by molar-refractivity contribution is -0.136. The van der Waals surface area contributed by atoms with Crippen molar-refractivity contribution in [3.8, 4) is 0 Å². The van der Waals surface area contributed by atoms with Gasteiger partial charge in [-0.25, -0.2) is 0 Å². The van der Waals surface area contributed by atoms with Gasteiger partial charge in [-0.1, -0.05) is 13.8 Å². The number of nitrogens with zero attached hydrogens (tertiary/aromatic N) is 2. The first-order chi connectivity index (χ1) is 12.0. The van der Waals surface area contributed by atoms with Gasteiger partial charge in [-0.3, -0.25) is 9.59 Å². The van der Waals surface area contributed by atoms with E-state index in [0.717, 1.165) is 45.6 Å². The number of hydrogen-bond donors (Lipinski definition) is 1. The molecule has 0 aliphatic carbocycles. The van der Waals surface area contributed by atoms with Crippen LogP contribution in [0, 0.1) is 17.8 Å². The molecule has 3 aliphatic rings. The van der Waals surface area contributed by atoms with Gasteiger partial charge in [0.05, 0.1) is 0 Å². The molecule has 0 spiro atoms. The van der Waals surface area contributed by atoms with E-state index in [4.69, 9.17) is 0 Å². The first kappa shape index (κ1) is 18.7. The van der Waals surface area contributed by atoms with Gasteiger partial charge in [0.25, 0.3) is 0 Å². The molecule has 3 heterocycles. The van der Waals surface area contributed by atoms with Gasteiger partial charge in [0, 0.05) is 45.1 Å². The number of amides is 2. The highest BCUT2D eigenvalue weighted by Crippen LogP contribution is 2.31. The standard InChI is InChI=1S/C20H35N3O2/c1-15(2)10-20(25)23-13-16-11-17(14-23)18(21-12-16)6-5-7-19(24)22-8-3-4-9-22/h15-18,21H,3-14H2,1-2H3/t16-,17+,18+/m0/s1. The van der Waals surface area contributed by atoms with Crippen molar-refractivity contribution >= 4 is 11.8 Å². The van der Waals surface area contributed by atoms with E-state index in [0.29, 0.717) is 48.5 Å². The summed E-state index contributed by atoms with van der Waals surface area (Å²) in [4.78, 5) is 28.8. The lowest BCUT2D eigenvalue weighted by Gasteiger charge is -2.46. The predicted molar refractivity (Wildman–Crippen MR) is 99.1 cm³/mol. The third-order valence-electron chi connectivity index (χ3n) is 6.11. The second kappa shape index (κ2) is 8.52. The molecule has 3 saturated heterocycles. The van der Waals surface area contributed by atoms with Crippen LogP contribution in [0.5, 0.6) is 0 Å². The molecule has 2 amide bonds. The van der Waals surface area contributed by atoms with Gasteiger partial charge in [0.2, 0.25) is 11.8 Å². The van der Waals surface area contributed by atoms with E-state index in [2.05, 4.69) is 24.1 Å². The summed E-state index contributed by atoms with van der Waals surface area (Å²) in [5.74, 6) is 2.26. The minimum Gasteiger partial charge on any atom is -0.343 e. The van der Waals surface area contributed by atoms with Crippen LogP contribution in [0.3, 0.4) is 0 Å². The van der Waals surface area contributed by atoms with E-state index in [-0.39, 0.29) is 0 Å². The average Bonchev–Trinajstić information content (AvgIpc) is 3.10. The molecular formula is C20H35N3O2. The Kier molecular flexibility index (Phi) is 6.37. The number of fused-ring (bicyclic) bond motifs is 2. The van der Waals surface area contributed by atoms with Crippen molar-refractivity contribution < 1.29 is 9.59 Å². The molecule has 1 N–H and O–H groups in total. The van der Waals surface area contributed by atoms with Crippen LogP contribution in [0.15, 0.2) is 0 Å². The summed E-state index contributed by atoms with van der Waals surface area (Å²) < 4.78 is 0. The van der Waals surface area contributed by atoms with Gasteiger partial charge >= 0.3 is 0 Å². The van der Waals surface area contributed by atoms with Crippen molar-refractivity contribution in [3.63, 3.8) is 0 Å². The number of carbonyl (C=O) groups is 2. The average molecular weight is 350 g/mol. The van der Waals surface area contributed by atoms with Crippen molar-refractivity contribution in [2.45, 2.75) is 64.8 Å². The minimum absolute atomic E-state index is 0.328. The molecule has 2 bridgehead atoms. The molecule has 0 aromatic rings. The Bertz CT molecular complexity index is 474. The highest BCUT2D eigenvalue weighted by atomic mass is 16.2. The molecule has 3 fully saturated rings. The molecule has 142 valence electrons. The third-order valence-corrected chi connectivity index (χ3v) is 6.11. The summed E-state index contributed by atoms with van der Waals surface area (Å²) in [5, 5.41) is 3.70. The van der Waals surface area contributed by atoms with E-state index >= 15 is 0 Å². The molecule has 0 saturated carbocycles. The molecule has 5 heteroatoms. The Morgan fingerprint density at radius 3 is 2.56 bits per heavy atom. The monoisotopic (exact) mass is 349 g/mol. The zero-order chi connectivity index (χ0) is 17.8. The van der Waals surface area contributed by atoms with Gasteiger partial charge in [0.1, 0.15) is 0 Å². The Morgan fingerprint density at radius 2 is 1.84 bits per heavy atom. The zero-order valence-electron chi connectivity index (χ0n) is 16.0. The van der Waals surface area contributed by atoms with E-state index in [9.17, 15) is 9.59 Å². The van der Waals surface area contributed by atoms with Crippen LogP contribution in [0.25, 0.3) is 0 Å². The number of nitrogens with one attached hydrogen (secondary N) is 1. The summed E-state index contributed by atoms with van der Waals surface area (Å²) in [5.41, 5.74) is 0. The molecule has 25 heavy (non-hydrogen) atoms. The maximum absolute atomic E-state index is 12.5. The van der Waals surface area contributed by atoms with Crippen LogP contribution in [0.4, 0.5) is 0 Å².